The van der Waals surface area contributed by atoms with Crippen LogP contribution in [-0.2, 0) is 0 Å². The van der Waals surface area contributed by atoms with Gasteiger partial charge in [0.25, 0.3) is 0 Å². The molecule has 0 saturated carbocycles. The first-order chi connectivity index (χ1) is 17.8. The van der Waals surface area contributed by atoms with Crippen LogP contribution in [0.1, 0.15) is 11.1 Å². The van der Waals surface area contributed by atoms with Crippen LogP contribution in [0.4, 0.5) is 11.4 Å². The second-order valence-electron chi connectivity index (χ2n) is 8.78. The zero-order valence-electron chi connectivity index (χ0n) is 19.0. The molecule has 0 spiro atoms. The summed E-state index contributed by atoms with van der Waals surface area (Å²) in [6.07, 6.45) is 0. The van der Waals surface area contributed by atoms with Crippen molar-refractivity contribution < 1.29 is 0 Å². The Morgan fingerprint density at radius 3 is 1.72 bits per heavy atom. The van der Waals surface area contributed by atoms with Gasteiger partial charge >= 0.3 is 0 Å². The number of fused-ring (bicyclic) bond motifs is 6. The topological polar surface area (TPSA) is 72.3 Å². The Balaban J connectivity index is 1.70. The molecule has 0 unspecified atom stereocenters. The molecule has 2 heterocycles. The van der Waals surface area contributed by atoms with Crippen molar-refractivity contribution >= 4 is 11.4 Å². The average Bonchev–Trinajstić information content (AvgIpc) is 3.51. The summed E-state index contributed by atoms with van der Waals surface area (Å²) in [6.45, 7) is 0. The number of hydrogen-bond acceptors (Lipinski definition) is 4. The molecule has 5 aromatic rings. The Labute approximate surface area is 206 Å². The van der Waals surface area contributed by atoms with E-state index in [-0.39, 0.29) is 0 Å². The van der Waals surface area contributed by atoms with Crippen molar-refractivity contribution in [2.24, 2.45) is 9.98 Å². The van der Waals surface area contributed by atoms with Crippen LogP contribution in [0.2, 0.25) is 0 Å². The highest BCUT2D eigenvalue weighted by atomic mass is 14.8. The fraction of sp³-hybridized carbons (Fsp3) is 0. The normalized spacial score (nSPS) is 11.7. The van der Waals surface area contributed by atoms with Crippen LogP contribution in [0, 0.1) is 33.1 Å². The Morgan fingerprint density at radius 2 is 1.03 bits per heavy atom. The van der Waals surface area contributed by atoms with Gasteiger partial charge in [-0.25, -0.2) is 9.98 Å². The minimum atomic E-state index is 0.341. The van der Waals surface area contributed by atoms with E-state index in [1.165, 1.54) is 0 Å². The summed E-state index contributed by atoms with van der Waals surface area (Å²) in [5.74, 6) is 0. The maximum atomic E-state index is 10.4. The molecule has 4 nitrogen and oxygen atoms in total. The third-order valence-electron chi connectivity index (χ3n) is 6.89. The minimum Gasteiger partial charge on any atom is -0.247 e. The highest BCUT2D eigenvalue weighted by molar-refractivity contribution is 6.06. The number of nitriles is 2. The molecule has 2 aliphatic rings. The highest BCUT2D eigenvalue weighted by Gasteiger charge is 2.32. The summed E-state index contributed by atoms with van der Waals surface area (Å²) in [5, 5.41) is 24.6. The first kappa shape index (κ1) is 20.1. The van der Waals surface area contributed by atoms with Gasteiger partial charge in [-0.3, -0.25) is 0 Å². The van der Waals surface area contributed by atoms with E-state index in [0.717, 1.165) is 54.7 Å². The molecule has 7 rings (SSSR count). The fourth-order valence-electron chi connectivity index (χ4n) is 5.39. The lowest BCUT2D eigenvalue weighted by Crippen LogP contribution is -2.02. The predicted octanol–water partition coefficient (Wildman–Crippen LogP) is 6.25. The van der Waals surface area contributed by atoms with E-state index < -0.39 is 0 Å². The van der Waals surface area contributed by atoms with Gasteiger partial charge in [0.2, 0.25) is 0 Å². The average molecular weight is 457 g/mol. The molecule has 0 fully saturated rings. The summed E-state index contributed by atoms with van der Waals surface area (Å²) < 4.78 is 0. The minimum absolute atomic E-state index is 0.341. The number of nitrogens with zero attached hydrogens (tertiary/aromatic N) is 4. The van der Waals surface area contributed by atoms with Crippen LogP contribution < -0.4 is 10.7 Å². The van der Waals surface area contributed by atoms with Gasteiger partial charge in [-0.05, 0) is 29.3 Å². The number of rotatable bonds is 2. The molecular formula is C32H16N4. The van der Waals surface area contributed by atoms with Crippen molar-refractivity contribution in [1.82, 2.24) is 0 Å². The lowest BCUT2D eigenvalue weighted by atomic mass is 9.83. The molecule has 0 aliphatic carbocycles. The van der Waals surface area contributed by atoms with Crippen molar-refractivity contribution in [2.75, 3.05) is 0 Å². The van der Waals surface area contributed by atoms with E-state index >= 15 is 0 Å². The molecule has 4 heteroatoms. The van der Waals surface area contributed by atoms with Gasteiger partial charge < -0.3 is 0 Å². The molecule has 0 bridgehead atoms. The number of benzene rings is 5. The maximum Gasteiger partial charge on any atom is 0.101 e. The van der Waals surface area contributed by atoms with Crippen molar-refractivity contribution in [3.05, 3.63) is 129 Å². The lowest BCUT2D eigenvalue weighted by molar-refractivity contribution is 1.36. The molecule has 0 amide bonds. The van der Waals surface area contributed by atoms with Gasteiger partial charge in [0.15, 0.2) is 0 Å². The number of para-hydroxylation sites is 1. The van der Waals surface area contributed by atoms with E-state index in [9.17, 15) is 10.5 Å². The molecule has 2 aliphatic heterocycles. The van der Waals surface area contributed by atoms with E-state index in [2.05, 4.69) is 24.3 Å². The van der Waals surface area contributed by atoms with Gasteiger partial charge in [0.05, 0.1) is 33.2 Å². The molecule has 0 atom stereocenters. The van der Waals surface area contributed by atoms with Crippen LogP contribution >= 0.6 is 0 Å². The molecule has 0 N–H and O–H groups in total. The van der Waals surface area contributed by atoms with Crippen LogP contribution in [-0.4, -0.2) is 0 Å². The van der Waals surface area contributed by atoms with E-state index in [1.807, 2.05) is 84.9 Å². The van der Waals surface area contributed by atoms with Gasteiger partial charge in [0.1, 0.15) is 12.1 Å². The first-order valence-corrected chi connectivity index (χ1v) is 11.7. The zero-order valence-corrected chi connectivity index (χ0v) is 19.0. The summed E-state index contributed by atoms with van der Waals surface area (Å²) >= 11 is 0. The van der Waals surface area contributed by atoms with E-state index in [1.54, 1.807) is 0 Å². The SMILES string of the molecule is N#Cc1c(C#N)c(-c2ccccc2)c(-c2ccccc2)c2c1-c1c3c(ccc1=N2)=c1ccccc1=N3. The lowest BCUT2D eigenvalue weighted by Gasteiger charge is -2.18. The van der Waals surface area contributed by atoms with Crippen LogP contribution in [0.3, 0.4) is 0 Å². The van der Waals surface area contributed by atoms with Crippen molar-refractivity contribution in [3.63, 3.8) is 0 Å². The van der Waals surface area contributed by atoms with Crippen molar-refractivity contribution in [3.8, 4) is 45.5 Å². The third kappa shape index (κ3) is 2.67. The molecule has 36 heavy (non-hydrogen) atoms. The molecule has 5 aromatic carbocycles. The Bertz CT molecular complexity index is 2050. The second-order valence-corrected chi connectivity index (χ2v) is 8.78. The van der Waals surface area contributed by atoms with Gasteiger partial charge in [0, 0.05) is 32.7 Å². The van der Waals surface area contributed by atoms with Crippen LogP contribution in [0.25, 0.3) is 33.4 Å². The molecule has 0 aromatic heterocycles. The van der Waals surface area contributed by atoms with Crippen molar-refractivity contribution in [1.29, 1.82) is 10.5 Å². The summed E-state index contributed by atoms with van der Waals surface area (Å²) in [4.78, 5) is 10.0. The highest BCUT2D eigenvalue weighted by Crippen LogP contribution is 2.52. The summed E-state index contributed by atoms with van der Waals surface area (Å²) in [6, 6.07) is 36.6. The predicted molar refractivity (Wildman–Crippen MR) is 138 cm³/mol. The van der Waals surface area contributed by atoms with Gasteiger partial charge in [-0.2, -0.15) is 10.5 Å². The van der Waals surface area contributed by atoms with Gasteiger partial charge in [-0.1, -0.05) is 78.9 Å². The standard InChI is InChI=1S/C32H16N4/c33-17-23-24(18-34)29-30-26(16-15-22-21-13-7-8-14-25(21)35-31(22)30)36-32(29)28(20-11-5-2-6-12-20)27(23)19-9-3-1-4-10-19/h1-16H. The monoisotopic (exact) mass is 456 g/mol. The molecular weight excluding hydrogens is 440 g/mol. The molecule has 164 valence electrons. The van der Waals surface area contributed by atoms with E-state index in [0.29, 0.717) is 22.4 Å². The smallest absolute Gasteiger partial charge is 0.101 e. The number of hydrogen-bond donors (Lipinski definition) is 0. The molecule has 0 radical (unpaired) electrons. The van der Waals surface area contributed by atoms with Gasteiger partial charge in [-0.15, -0.1) is 0 Å². The van der Waals surface area contributed by atoms with Crippen molar-refractivity contribution in [2.45, 2.75) is 0 Å². The Kier molecular flexibility index (Phi) is 4.24. The largest absolute Gasteiger partial charge is 0.247 e. The van der Waals surface area contributed by atoms with Crippen LogP contribution in [0.5, 0.6) is 0 Å². The molecule has 0 saturated heterocycles. The third-order valence-corrected chi connectivity index (χ3v) is 6.89. The summed E-state index contributed by atoms with van der Waals surface area (Å²) in [5.41, 5.74) is 7.14. The second kappa shape index (κ2) is 7.60. The summed E-state index contributed by atoms with van der Waals surface area (Å²) in [7, 11) is 0. The van der Waals surface area contributed by atoms with E-state index in [4.69, 9.17) is 9.98 Å². The zero-order chi connectivity index (χ0) is 24.2. The quantitative estimate of drug-likeness (QED) is 0.309. The van der Waals surface area contributed by atoms with Crippen LogP contribution in [0.15, 0.2) is 107 Å². The maximum absolute atomic E-state index is 10.4. The first-order valence-electron chi connectivity index (χ1n) is 11.7. The fourth-order valence-corrected chi connectivity index (χ4v) is 5.39. The Hall–Kier alpha value is -5.32. The Morgan fingerprint density at radius 1 is 0.444 bits per heavy atom.